The second-order valence-electron chi connectivity index (χ2n) is 4.56. The lowest BCUT2D eigenvalue weighted by molar-refractivity contribution is 0.256. The summed E-state index contributed by atoms with van der Waals surface area (Å²) < 4.78 is 26.8. The molecule has 0 aliphatic rings. The van der Waals surface area contributed by atoms with Crippen molar-refractivity contribution >= 4 is 15.7 Å². The van der Waals surface area contributed by atoms with Crippen molar-refractivity contribution in [2.75, 3.05) is 12.3 Å². The molecule has 0 spiro atoms. The van der Waals surface area contributed by atoms with Gasteiger partial charge in [0.15, 0.2) is 0 Å². The van der Waals surface area contributed by atoms with Gasteiger partial charge in [0, 0.05) is 18.3 Å². The van der Waals surface area contributed by atoms with Gasteiger partial charge in [0.2, 0.25) is 10.0 Å². The standard InChI is InChI=1S/C12H20N2O3S/c1-9(2)12(6-7-15)14-18(16,17)11-5-3-4-10(13)8-11/h3-5,8-9,12,14-15H,6-7,13H2,1-2H3. The number of nitrogens with one attached hydrogen (secondary N) is 1. The van der Waals surface area contributed by atoms with E-state index in [9.17, 15) is 8.42 Å². The average Bonchev–Trinajstić information content (AvgIpc) is 2.28. The number of nitrogen functional groups attached to an aromatic ring is 1. The van der Waals surface area contributed by atoms with E-state index < -0.39 is 10.0 Å². The molecule has 0 amide bonds. The molecule has 0 bridgehead atoms. The first-order chi connectivity index (χ1) is 8.36. The van der Waals surface area contributed by atoms with Gasteiger partial charge in [-0.1, -0.05) is 19.9 Å². The molecule has 1 rings (SSSR count). The van der Waals surface area contributed by atoms with E-state index in [-0.39, 0.29) is 23.5 Å². The van der Waals surface area contributed by atoms with Crippen molar-refractivity contribution in [3.63, 3.8) is 0 Å². The van der Waals surface area contributed by atoms with Gasteiger partial charge in [-0.3, -0.25) is 0 Å². The third kappa shape index (κ3) is 3.97. The van der Waals surface area contributed by atoms with E-state index >= 15 is 0 Å². The molecule has 0 saturated carbocycles. The maximum atomic E-state index is 12.1. The molecule has 1 aromatic carbocycles. The Morgan fingerprint density at radius 3 is 2.56 bits per heavy atom. The number of nitrogens with two attached hydrogens (primary N) is 1. The number of aliphatic hydroxyl groups is 1. The van der Waals surface area contributed by atoms with Crippen molar-refractivity contribution in [3.05, 3.63) is 24.3 Å². The van der Waals surface area contributed by atoms with Crippen molar-refractivity contribution in [1.29, 1.82) is 0 Å². The molecule has 4 N–H and O–H groups in total. The fourth-order valence-electron chi connectivity index (χ4n) is 1.62. The summed E-state index contributed by atoms with van der Waals surface area (Å²) in [4.78, 5) is 0.145. The van der Waals surface area contributed by atoms with Crippen LogP contribution in [0.5, 0.6) is 0 Å². The van der Waals surface area contributed by atoms with Gasteiger partial charge in [0.1, 0.15) is 0 Å². The molecular weight excluding hydrogens is 252 g/mol. The van der Waals surface area contributed by atoms with Crippen LogP contribution in [0.15, 0.2) is 29.2 Å². The molecule has 0 aliphatic carbocycles. The number of rotatable bonds is 6. The van der Waals surface area contributed by atoms with E-state index in [4.69, 9.17) is 10.8 Å². The predicted octanol–water partition coefficient (Wildman–Crippen LogP) is 0.954. The Morgan fingerprint density at radius 1 is 1.39 bits per heavy atom. The Hall–Kier alpha value is -1.11. The van der Waals surface area contributed by atoms with Crippen LogP contribution in [0.3, 0.4) is 0 Å². The van der Waals surface area contributed by atoms with Crippen LogP contribution < -0.4 is 10.5 Å². The summed E-state index contributed by atoms with van der Waals surface area (Å²) >= 11 is 0. The van der Waals surface area contributed by atoms with E-state index in [1.165, 1.54) is 12.1 Å². The summed E-state index contributed by atoms with van der Waals surface area (Å²) in [7, 11) is -3.59. The monoisotopic (exact) mass is 272 g/mol. The van der Waals surface area contributed by atoms with Crippen LogP contribution in [0.1, 0.15) is 20.3 Å². The number of anilines is 1. The molecule has 5 nitrogen and oxygen atoms in total. The third-order valence-corrected chi connectivity index (χ3v) is 4.21. The second-order valence-corrected chi connectivity index (χ2v) is 6.27. The molecule has 1 atom stereocenters. The minimum atomic E-state index is -3.59. The van der Waals surface area contributed by atoms with E-state index in [1.54, 1.807) is 12.1 Å². The van der Waals surface area contributed by atoms with E-state index in [0.717, 1.165) is 0 Å². The molecule has 0 radical (unpaired) electrons. The molecule has 6 heteroatoms. The normalized spacial score (nSPS) is 13.8. The number of aliphatic hydroxyl groups excluding tert-OH is 1. The summed E-state index contributed by atoms with van der Waals surface area (Å²) in [6.45, 7) is 3.76. The fraction of sp³-hybridized carbons (Fsp3) is 0.500. The second kappa shape index (κ2) is 6.17. The average molecular weight is 272 g/mol. The number of sulfonamides is 1. The summed E-state index contributed by atoms with van der Waals surface area (Å²) in [5, 5.41) is 8.94. The zero-order valence-electron chi connectivity index (χ0n) is 10.6. The summed E-state index contributed by atoms with van der Waals surface area (Å²) in [5.74, 6) is 0.105. The topological polar surface area (TPSA) is 92.4 Å². The van der Waals surface area contributed by atoms with E-state index in [2.05, 4.69) is 4.72 Å². The molecule has 1 unspecified atom stereocenters. The summed E-state index contributed by atoms with van der Waals surface area (Å²) in [5.41, 5.74) is 5.98. The molecule has 0 saturated heterocycles. The lowest BCUT2D eigenvalue weighted by Gasteiger charge is -2.21. The first-order valence-corrected chi connectivity index (χ1v) is 7.34. The van der Waals surface area contributed by atoms with Crippen molar-refractivity contribution in [3.8, 4) is 0 Å². The predicted molar refractivity (Wildman–Crippen MR) is 71.5 cm³/mol. The third-order valence-electron chi connectivity index (χ3n) is 2.72. The molecule has 0 heterocycles. The van der Waals surface area contributed by atoms with Gasteiger partial charge in [-0.05, 0) is 30.5 Å². The van der Waals surface area contributed by atoms with E-state index in [1.807, 2.05) is 13.8 Å². The number of hydrogen-bond acceptors (Lipinski definition) is 4. The Morgan fingerprint density at radius 2 is 2.06 bits per heavy atom. The van der Waals surface area contributed by atoms with Gasteiger partial charge >= 0.3 is 0 Å². The minimum Gasteiger partial charge on any atom is -0.399 e. The first kappa shape index (κ1) is 14.9. The maximum absolute atomic E-state index is 12.1. The van der Waals surface area contributed by atoms with Gasteiger partial charge in [0.05, 0.1) is 4.90 Å². The quantitative estimate of drug-likeness (QED) is 0.672. The van der Waals surface area contributed by atoms with Gasteiger partial charge in [-0.2, -0.15) is 0 Å². The van der Waals surface area contributed by atoms with Gasteiger partial charge in [-0.15, -0.1) is 0 Å². The van der Waals surface area contributed by atoms with Gasteiger partial charge in [-0.25, -0.2) is 13.1 Å². The number of benzene rings is 1. The van der Waals surface area contributed by atoms with Gasteiger partial charge < -0.3 is 10.8 Å². The zero-order valence-corrected chi connectivity index (χ0v) is 11.4. The minimum absolute atomic E-state index is 0.0533. The van der Waals surface area contributed by atoms with Crippen LogP contribution in [0.25, 0.3) is 0 Å². The first-order valence-electron chi connectivity index (χ1n) is 5.85. The Balaban J connectivity index is 2.93. The van der Waals surface area contributed by atoms with Crippen molar-refractivity contribution in [2.24, 2.45) is 5.92 Å². The molecule has 0 fully saturated rings. The van der Waals surface area contributed by atoms with Crippen LogP contribution >= 0.6 is 0 Å². The molecule has 0 aromatic heterocycles. The highest BCUT2D eigenvalue weighted by Crippen LogP contribution is 2.15. The van der Waals surface area contributed by atoms with Crippen LogP contribution in [0.2, 0.25) is 0 Å². The van der Waals surface area contributed by atoms with Crippen LogP contribution in [0.4, 0.5) is 5.69 Å². The highest BCUT2D eigenvalue weighted by Gasteiger charge is 2.22. The largest absolute Gasteiger partial charge is 0.399 e. The Kier molecular flexibility index (Phi) is 5.13. The Bertz CT molecular complexity index is 486. The molecule has 18 heavy (non-hydrogen) atoms. The highest BCUT2D eigenvalue weighted by molar-refractivity contribution is 7.89. The highest BCUT2D eigenvalue weighted by atomic mass is 32.2. The summed E-state index contributed by atoms with van der Waals surface area (Å²) in [6.07, 6.45) is 0.388. The molecule has 1 aromatic rings. The lowest BCUT2D eigenvalue weighted by atomic mass is 10.0. The van der Waals surface area contributed by atoms with Crippen LogP contribution in [0, 0.1) is 5.92 Å². The van der Waals surface area contributed by atoms with Crippen LogP contribution in [-0.4, -0.2) is 26.2 Å². The van der Waals surface area contributed by atoms with Crippen molar-refractivity contribution in [2.45, 2.75) is 31.2 Å². The van der Waals surface area contributed by atoms with E-state index in [0.29, 0.717) is 12.1 Å². The lowest BCUT2D eigenvalue weighted by Crippen LogP contribution is -2.39. The molecular formula is C12H20N2O3S. The molecule has 102 valence electrons. The SMILES string of the molecule is CC(C)C(CCO)NS(=O)(=O)c1cccc(N)c1. The van der Waals surface area contributed by atoms with Crippen LogP contribution in [-0.2, 0) is 10.0 Å². The maximum Gasteiger partial charge on any atom is 0.240 e. The van der Waals surface area contributed by atoms with Gasteiger partial charge in [0.25, 0.3) is 0 Å². The zero-order chi connectivity index (χ0) is 13.8. The molecule has 0 aliphatic heterocycles. The fourth-order valence-corrected chi connectivity index (χ4v) is 3.09. The van der Waals surface area contributed by atoms with Crippen molar-refractivity contribution < 1.29 is 13.5 Å². The van der Waals surface area contributed by atoms with Crippen molar-refractivity contribution in [1.82, 2.24) is 4.72 Å². The smallest absolute Gasteiger partial charge is 0.240 e. The number of hydrogen-bond donors (Lipinski definition) is 3. The Labute approximate surface area is 108 Å². The summed E-state index contributed by atoms with van der Waals surface area (Å²) in [6, 6.07) is 5.85.